The molecule has 20 heavy (non-hydrogen) atoms. The van der Waals surface area contributed by atoms with Crippen molar-refractivity contribution < 1.29 is 17.9 Å². The first-order chi connectivity index (χ1) is 9.31. The zero-order valence-electron chi connectivity index (χ0n) is 11.3. The molecule has 1 atom stereocenters. The third-order valence-corrected chi connectivity index (χ3v) is 4.21. The lowest BCUT2D eigenvalue weighted by Crippen LogP contribution is -2.27. The molecule has 0 aliphatic carbocycles. The summed E-state index contributed by atoms with van der Waals surface area (Å²) in [6, 6.07) is 4.93. The number of nitrogens with one attached hydrogen (secondary N) is 1. The minimum absolute atomic E-state index is 0.226. The predicted molar refractivity (Wildman–Crippen MR) is 80.1 cm³/mol. The van der Waals surface area contributed by atoms with Gasteiger partial charge in [-0.25, -0.2) is 0 Å². The van der Waals surface area contributed by atoms with Crippen LogP contribution < -0.4 is 10.1 Å². The molecule has 7 heteroatoms. The van der Waals surface area contributed by atoms with E-state index in [1.165, 1.54) is 6.07 Å². The maximum Gasteiger partial charge on any atom is 0.573 e. The summed E-state index contributed by atoms with van der Waals surface area (Å²) in [6.07, 6.45) is -4.67. The molecule has 0 bridgehead atoms. The van der Waals surface area contributed by atoms with Crippen LogP contribution in [-0.4, -0.2) is 23.9 Å². The fourth-order valence-electron chi connectivity index (χ4n) is 1.51. The molecule has 0 spiro atoms. The Kier molecular flexibility index (Phi) is 7.19. The second-order valence-corrected chi connectivity index (χ2v) is 6.43. The normalized spacial score (nSPS) is 13.3. The molecule has 0 heterocycles. The van der Waals surface area contributed by atoms with Crippen LogP contribution >= 0.6 is 27.7 Å². The van der Waals surface area contributed by atoms with Gasteiger partial charge in [-0.05, 0) is 46.3 Å². The highest BCUT2D eigenvalue weighted by Gasteiger charge is 2.31. The number of hydrogen-bond donors (Lipinski definition) is 1. The summed E-state index contributed by atoms with van der Waals surface area (Å²) in [7, 11) is 0. The first kappa shape index (κ1) is 17.7. The maximum atomic E-state index is 12.1. The van der Waals surface area contributed by atoms with Crippen molar-refractivity contribution in [3.05, 3.63) is 28.2 Å². The van der Waals surface area contributed by atoms with Gasteiger partial charge in [0.25, 0.3) is 0 Å². The molecule has 0 radical (unpaired) electrons. The highest BCUT2D eigenvalue weighted by molar-refractivity contribution is 9.10. The summed E-state index contributed by atoms with van der Waals surface area (Å²) in [5.74, 6) is 1.85. The zero-order chi connectivity index (χ0) is 15.2. The van der Waals surface area contributed by atoms with E-state index >= 15 is 0 Å². The number of thioether (sulfide) groups is 1. The number of rotatable bonds is 7. The minimum atomic E-state index is -4.67. The standard InChI is InChI=1S/C13H17BrF3NOS/c1-3-20-8-9(2)18-7-10-4-5-12(11(14)6-10)19-13(15,16)17/h4-6,9,18H,3,7-8H2,1-2H3. The van der Waals surface area contributed by atoms with Gasteiger partial charge in [0.15, 0.2) is 0 Å². The van der Waals surface area contributed by atoms with Gasteiger partial charge in [0.05, 0.1) is 4.47 Å². The summed E-state index contributed by atoms with van der Waals surface area (Å²) in [6.45, 7) is 4.79. The largest absolute Gasteiger partial charge is 0.573 e. The van der Waals surface area contributed by atoms with E-state index in [1.807, 2.05) is 11.8 Å². The van der Waals surface area contributed by atoms with Crippen LogP contribution in [0.2, 0.25) is 0 Å². The summed E-state index contributed by atoms with van der Waals surface area (Å²) in [5.41, 5.74) is 0.903. The van der Waals surface area contributed by atoms with Crippen LogP contribution in [0.1, 0.15) is 19.4 Å². The lowest BCUT2D eigenvalue weighted by molar-refractivity contribution is -0.274. The van der Waals surface area contributed by atoms with Crippen molar-refractivity contribution in [2.75, 3.05) is 11.5 Å². The average molecular weight is 372 g/mol. The van der Waals surface area contributed by atoms with Crippen LogP contribution in [0.25, 0.3) is 0 Å². The van der Waals surface area contributed by atoms with Gasteiger partial charge in [0, 0.05) is 18.3 Å². The molecule has 0 saturated heterocycles. The smallest absolute Gasteiger partial charge is 0.405 e. The molecule has 2 nitrogen and oxygen atoms in total. The average Bonchev–Trinajstić information content (AvgIpc) is 2.35. The minimum Gasteiger partial charge on any atom is -0.405 e. The zero-order valence-corrected chi connectivity index (χ0v) is 13.7. The lowest BCUT2D eigenvalue weighted by Gasteiger charge is -2.14. The van der Waals surface area contributed by atoms with Gasteiger partial charge in [0.2, 0.25) is 0 Å². The molecule has 0 saturated carbocycles. The summed E-state index contributed by atoms with van der Waals surface area (Å²) in [5, 5.41) is 3.32. The number of halogens is 4. The first-order valence-corrected chi connectivity index (χ1v) is 8.12. The Morgan fingerprint density at radius 3 is 2.65 bits per heavy atom. The van der Waals surface area contributed by atoms with Gasteiger partial charge in [-0.2, -0.15) is 11.8 Å². The highest BCUT2D eigenvalue weighted by Crippen LogP contribution is 2.31. The van der Waals surface area contributed by atoms with E-state index in [1.54, 1.807) is 12.1 Å². The molecular weight excluding hydrogens is 355 g/mol. The van der Waals surface area contributed by atoms with E-state index in [4.69, 9.17) is 0 Å². The third-order valence-electron chi connectivity index (χ3n) is 2.45. The molecule has 1 aromatic carbocycles. The Morgan fingerprint density at radius 1 is 1.40 bits per heavy atom. The predicted octanol–water partition coefficient (Wildman–Crippen LogP) is 4.58. The van der Waals surface area contributed by atoms with E-state index in [0.29, 0.717) is 17.1 Å². The molecule has 1 aromatic rings. The SMILES string of the molecule is CCSCC(C)NCc1ccc(OC(F)(F)F)c(Br)c1. The number of hydrogen-bond acceptors (Lipinski definition) is 3. The lowest BCUT2D eigenvalue weighted by atomic mass is 10.2. The Labute approximate surface area is 129 Å². The first-order valence-electron chi connectivity index (χ1n) is 6.17. The maximum absolute atomic E-state index is 12.1. The monoisotopic (exact) mass is 371 g/mol. The second kappa shape index (κ2) is 8.14. The van der Waals surface area contributed by atoms with Gasteiger partial charge in [0.1, 0.15) is 5.75 Å². The highest BCUT2D eigenvalue weighted by atomic mass is 79.9. The summed E-state index contributed by atoms with van der Waals surface area (Å²) in [4.78, 5) is 0. The van der Waals surface area contributed by atoms with Crippen LogP contribution in [-0.2, 0) is 6.54 Å². The number of benzene rings is 1. The molecule has 0 aromatic heterocycles. The summed E-state index contributed by atoms with van der Waals surface area (Å²) < 4.78 is 40.6. The van der Waals surface area contributed by atoms with E-state index in [-0.39, 0.29) is 5.75 Å². The molecule has 1 unspecified atom stereocenters. The van der Waals surface area contributed by atoms with Crippen molar-refractivity contribution in [1.29, 1.82) is 0 Å². The van der Waals surface area contributed by atoms with E-state index in [9.17, 15) is 13.2 Å². The van der Waals surface area contributed by atoms with E-state index < -0.39 is 6.36 Å². The molecule has 0 fully saturated rings. The molecule has 1 N–H and O–H groups in total. The van der Waals surface area contributed by atoms with Crippen molar-refractivity contribution in [1.82, 2.24) is 5.32 Å². The summed E-state index contributed by atoms with van der Waals surface area (Å²) >= 11 is 4.94. The van der Waals surface area contributed by atoms with Crippen molar-refractivity contribution >= 4 is 27.7 Å². The molecule has 114 valence electrons. The van der Waals surface area contributed by atoms with Crippen LogP contribution in [0.15, 0.2) is 22.7 Å². The Hall–Kier alpha value is -0.400. The molecule has 1 rings (SSSR count). The van der Waals surface area contributed by atoms with Crippen LogP contribution in [0, 0.1) is 0 Å². The molecular formula is C13H17BrF3NOS. The van der Waals surface area contributed by atoms with Crippen LogP contribution in [0.5, 0.6) is 5.75 Å². The van der Waals surface area contributed by atoms with E-state index in [0.717, 1.165) is 17.1 Å². The Balaban J connectivity index is 2.55. The van der Waals surface area contributed by atoms with Gasteiger partial charge >= 0.3 is 6.36 Å². The topological polar surface area (TPSA) is 21.3 Å². The third kappa shape index (κ3) is 6.85. The van der Waals surface area contributed by atoms with Crippen molar-refractivity contribution in [3.63, 3.8) is 0 Å². The van der Waals surface area contributed by atoms with Crippen LogP contribution in [0.3, 0.4) is 0 Å². The second-order valence-electron chi connectivity index (χ2n) is 4.25. The number of ether oxygens (including phenoxy) is 1. The molecule has 0 aliphatic heterocycles. The molecule has 0 aliphatic rings. The van der Waals surface area contributed by atoms with E-state index in [2.05, 4.69) is 39.8 Å². The quantitative estimate of drug-likeness (QED) is 0.757. The van der Waals surface area contributed by atoms with Gasteiger partial charge in [-0.3, -0.25) is 0 Å². The Morgan fingerprint density at radius 2 is 2.10 bits per heavy atom. The van der Waals surface area contributed by atoms with Crippen molar-refractivity contribution in [2.45, 2.75) is 32.8 Å². The fourth-order valence-corrected chi connectivity index (χ4v) is 2.72. The van der Waals surface area contributed by atoms with Crippen molar-refractivity contribution in [2.24, 2.45) is 0 Å². The fraction of sp³-hybridized carbons (Fsp3) is 0.538. The van der Waals surface area contributed by atoms with Gasteiger partial charge < -0.3 is 10.1 Å². The van der Waals surface area contributed by atoms with Crippen molar-refractivity contribution in [3.8, 4) is 5.75 Å². The van der Waals surface area contributed by atoms with Crippen LogP contribution in [0.4, 0.5) is 13.2 Å². The van der Waals surface area contributed by atoms with Gasteiger partial charge in [-0.1, -0.05) is 13.0 Å². The Bertz CT molecular complexity index is 429. The number of alkyl halides is 3. The van der Waals surface area contributed by atoms with Gasteiger partial charge in [-0.15, -0.1) is 13.2 Å². The molecule has 0 amide bonds.